The van der Waals surface area contributed by atoms with E-state index in [9.17, 15) is 0 Å². The minimum absolute atomic E-state index is 0.680. The van der Waals surface area contributed by atoms with Crippen LogP contribution in [0.1, 0.15) is 37.4 Å². The highest BCUT2D eigenvalue weighted by molar-refractivity contribution is 5.53. The van der Waals surface area contributed by atoms with Crippen molar-refractivity contribution in [2.24, 2.45) is 0 Å². The fourth-order valence-corrected chi connectivity index (χ4v) is 3.09. The molecule has 1 N–H and O–H groups in total. The second kappa shape index (κ2) is 7.76. The Morgan fingerprint density at radius 1 is 1.48 bits per heavy atom. The van der Waals surface area contributed by atoms with Gasteiger partial charge in [-0.05, 0) is 52.4 Å². The van der Waals surface area contributed by atoms with Crippen LogP contribution in [-0.4, -0.2) is 49.7 Å². The van der Waals surface area contributed by atoms with Gasteiger partial charge < -0.3 is 15.1 Å². The first kappa shape index (κ1) is 16.2. The van der Waals surface area contributed by atoms with Crippen molar-refractivity contribution in [1.29, 1.82) is 0 Å². The van der Waals surface area contributed by atoms with E-state index in [2.05, 4.69) is 54.1 Å². The zero-order valence-corrected chi connectivity index (χ0v) is 14.0. The van der Waals surface area contributed by atoms with E-state index in [1.807, 2.05) is 6.20 Å². The summed E-state index contributed by atoms with van der Waals surface area (Å²) in [7, 11) is 4.46. The van der Waals surface area contributed by atoms with Crippen LogP contribution in [0.5, 0.6) is 0 Å². The van der Waals surface area contributed by atoms with Gasteiger partial charge in [-0.1, -0.05) is 6.92 Å². The molecule has 0 spiro atoms. The molecule has 1 aromatic heterocycles. The highest BCUT2D eigenvalue weighted by atomic mass is 15.2. The number of aryl methyl sites for hydroxylation is 1. The molecule has 0 saturated carbocycles. The lowest BCUT2D eigenvalue weighted by Crippen LogP contribution is -2.37. The highest BCUT2D eigenvalue weighted by Crippen LogP contribution is 2.23. The van der Waals surface area contributed by atoms with Crippen LogP contribution in [0, 0.1) is 6.92 Å². The summed E-state index contributed by atoms with van der Waals surface area (Å²) in [5, 5.41) is 3.49. The van der Waals surface area contributed by atoms with Gasteiger partial charge in [0.1, 0.15) is 0 Å². The molecular formula is C17H30N4. The van der Waals surface area contributed by atoms with Gasteiger partial charge in [-0.25, -0.2) is 0 Å². The van der Waals surface area contributed by atoms with E-state index in [-0.39, 0.29) is 0 Å². The van der Waals surface area contributed by atoms with Gasteiger partial charge in [-0.3, -0.25) is 4.98 Å². The minimum atomic E-state index is 0.680. The molecule has 0 bridgehead atoms. The lowest BCUT2D eigenvalue weighted by atomic mass is 10.1. The zero-order chi connectivity index (χ0) is 15.2. The summed E-state index contributed by atoms with van der Waals surface area (Å²) in [6.07, 6.45) is 5.84. The van der Waals surface area contributed by atoms with Crippen molar-refractivity contribution >= 4 is 5.69 Å². The first-order chi connectivity index (χ1) is 10.1. The van der Waals surface area contributed by atoms with Crippen molar-refractivity contribution in [1.82, 2.24) is 15.2 Å². The van der Waals surface area contributed by atoms with Crippen molar-refractivity contribution in [2.75, 3.05) is 38.6 Å². The van der Waals surface area contributed by atoms with Crippen molar-refractivity contribution in [3.05, 3.63) is 23.5 Å². The predicted molar refractivity (Wildman–Crippen MR) is 89.9 cm³/mol. The summed E-state index contributed by atoms with van der Waals surface area (Å²) in [6.45, 7) is 8.56. The van der Waals surface area contributed by atoms with Gasteiger partial charge in [0.15, 0.2) is 0 Å². The number of hydrogen-bond acceptors (Lipinski definition) is 4. The molecular weight excluding hydrogens is 260 g/mol. The van der Waals surface area contributed by atoms with Crippen LogP contribution < -0.4 is 10.2 Å². The Hall–Kier alpha value is -1.13. The van der Waals surface area contributed by atoms with Gasteiger partial charge in [0.2, 0.25) is 0 Å². The van der Waals surface area contributed by atoms with Gasteiger partial charge in [0.25, 0.3) is 0 Å². The number of rotatable bonds is 7. The molecule has 2 rings (SSSR count). The smallest absolute Gasteiger partial charge is 0.0443 e. The van der Waals surface area contributed by atoms with Gasteiger partial charge in [-0.2, -0.15) is 0 Å². The molecule has 118 valence electrons. The molecule has 0 amide bonds. The Bertz CT molecular complexity index is 446. The number of nitrogens with zero attached hydrogens (tertiary/aromatic N) is 3. The third-order valence-corrected chi connectivity index (χ3v) is 4.41. The molecule has 1 aliphatic rings. The Labute approximate surface area is 129 Å². The summed E-state index contributed by atoms with van der Waals surface area (Å²) in [6, 6.07) is 2.90. The number of nitrogens with one attached hydrogen (secondary N) is 1. The molecule has 0 aliphatic carbocycles. The van der Waals surface area contributed by atoms with E-state index >= 15 is 0 Å². The molecule has 1 aromatic rings. The molecule has 2 heterocycles. The number of likely N-dealkylation sites (tertiary alicyclic amines) is 1. The maximum Gasteiger partial charge on any atom is 0.0443 e. The molecule has 1 fully saturated rings. The van der Waals surface area contributed by atoms with Crippen molar-refractivity contribution in [3.63, 3.8) is 0 Å². The quantitative estimate of drug-likeness (QED) is 0.782. The first-order valence-electron chi connectivity index (χ1n) is 8.19. The molecule has 4 heteroatoms. The van der Waals surface area contributed by atoms with Crippen LogP contribution >= 0.6 is 0 Å². The second-order valence-electron chi connectivity index (χ2n) is 6.29. The standard InChI is InChI=1S/C17H30N4/c1-5-8-18-11-15-12-19-14(2)10-17(15)21(4)13-16-7-6-9-20(16)3/h10,12,16,18H,5-9,11,13H2,1-4H3. The van der Waals surface area contributed by atoms with E-state index < -0.39 is 0 Å². The van der Waals surface area contributed by atoms with Crippen molar-refractivity contribution in [2.45, 2.75) is 45.7 Å². The molecule has 0 aromatic carbocycles. The Morgan fingerprint density at radius 2 is 2.29 bits per heavy atom. The summed E-state index contributed by atoms with van der Waals surface area (Å²) < 4.78 is 0. The van der Waals surface area contributed by atoms with E-state index in [0.29, 0.717) is 6.04 Å². The highest BCUT2D eigenvalue weighted by Gasteiger charge is 2.23. The lowest BCUT2D eigenvalue weighted by molar-refractivity contribution is 0.314. The second-order valence-corrected chi connectivity index (χ2v) is 6.29. The van der Waals surface area contributed by atoms with Gasteiger partial charge in [0.05, 0.1) is 0 Å². The Morgan fingerprint density at radius 3 is 2.95 bits per heavy atom. The number of anilines is 1. The average molecular weight is 290 g/mol. The summed E-state index contributed by atoms with van der Waals surface area (Å²) in [4.78, 5) is 9.36. The summed E-state index contributed by atoms with van der Waals surface area (Å²) in [5.74, 6) is 0. The monoisotopic (exact) mass is 290 g/mol. The summed E-state index contributed by atoms with van der Waals surface area (Å²) in [5.41, 5.74) is 3.72. The number of likely N-dealkylation sites (N-methyl/N-ethyl adjacent to an activating group) is 2. The average Bonchev–Trinajstić information content (AvgIpc) is 2.86. The van der Waals surface area contributed by atoms with Gasteiger partial charge in [0, 0.05) is 49.3 Å². The SMILES string of the molecule is CCCNCc1cnc(C)cc1N(C)CC1CCCN1C. The van der Waals surface area contributed by atoms with E-state index in [0.717, 1.165) is 31.7 Å². The van der Waals surface area contributed by atoms with E-state index in [1.54, 1.807) is 0 Å². The summed E-state index contributed by atoms with van der Waals surface area (Å²) >= 11 is 0. The largest absolute Gasteiger partial charge is 0.373 e. The normalized spacial score (nSPS) is 19.1. The van der Waals surface area contributed by atoms with Crippen molar-refractivity contribution < 1.29 is 0 Å². The first-order valence-corrected chi connectivity index (χ1v) is 8.19. The minimum Gasteiger partial charge on any atom is -0.373 e. The van der Waals surface area contributed by atoms with Gasteiger partial charge in [-0.15, -0.1) is 0 Å². The van der Waals surface area contributed by atoms with Crippen LogP contribution in [-0.2, 0) is 6.54 Å². The molecule has 1 atom stereocenters. The molecule has 21 heavy (non-hydrogen) atoms. The van der Waals surface area contributed by atoms with E-state index in [4.69, 9.17) is 0 Å². The maximum atomic E-state index is 4.47. The molecule has 4 nitrogen and oxygen atoms in total. The number of aromatic nitrogens is 1. The molecule has 0 radical (unpaired) electrons. The van der Waals surface area contributed by atoms with Crippen LogP contribution in [0.3, 0.4) is 0 Å². The third-order valence-electron chi connectivity index (χ3n) is 4.41. The fraction of sp³-hybridized carbons (Fsp3) is 0.706. The number of pyridine rings is 1. The topological polar surface area (TPSA) is 31.4 Å². The predicted octanol–water partition coefficient (Wildman–Crippen LogP) is 2.42. The van der Waals surface area contributed by atoms with E-state index in [1.165, 1.54) is 30.6 Å². The Balaban J connectivity index is 2.06. The maximum absolute atomic E-state index is 4.47. The van der Waals surface area contributed by atoms with Crippen molar-refractivity contribution in [3.8, 4) is 0 Å². The molecule has 1 unspecified atom stereocenters. The Kier molecular flexibility index (Phi) is 6.00. The number of hydrogen-bond donors (Lipinski definition) is 1. The van der Waals surface area contributed by atoms with Crippen LogP contribution in [0.4, 0.5) is 5.69 Å². The van der Waals surface area contributed by atoms with Crippen LogP contribution in [0.15, 0.2) is 12.3 Å². The van der Waals surface area contributed by atoms with Crippen LogP contribution in [0.2, 0.25) is 0 Å². The van der Waals surface area contributed by atoms with Crippen LogP contribution in [0.25, 0.3) is 0 Å². The fourth-order valence-electron chi connectivity index (χ4n) is 3.09. The third kappa shape index (κ3) is 4.42. The van der Waals surface area contributed by atoms with Gasteiger partial charge >= 0.3 is 0 Å². The molecule has 1 saturated heterocycles. The zero-order valence-electron chi connectivity index (χ0n) is 14.0. The molecule has 1 aliphatic heterocycles. The lowest BCUT2D eigenvalue weighted by Gasteiger charge is -2.29.